The fourth-order valence-corrected chi connectivity index (χ4v) is 2.85. The molecule has 1 fully saturated rings. The van der Waals surface area contributed by atoms with Gasteiger partial charge in [0.05, 0.1) is 15.9 Å². The van der Waals surface area contributed by atoms with Gasteiger partial charge in [0.15, 0.2) is 0 Å². The van der Waals surface area contributed by atoms with Crippen molar-refractivity contribution in [3.8, 4) is 0 Å². The molecular weight excluding hydrogens is 274 g/mol. The van der Waals surface area contributed by atoms with Crippen molar-refractivity contribution >= 4 is 17.1 Å². The molecule has 1 aliphatic carbocycles. The zero-order chi connectivity index (χ0) is 15.2. The zero-order valence-electron chi connectivity index (χ0n) is 11.8. The Bertz CT molecular complexity index is 527. The second-order valence-corrected chi connectivity index (χ2v) is 5.44. The highest BCUT2D eigenvalue weighted by molar-refractivity contribution is 5.65. The Morgan fingerprint density at radius 2 is 1.86 bits per heavy atom. The van der Waals surface area contributed by atoms with E-state index >= 15 is 0 Å². The highest BCUT2D eigenvalue weighted by Gasteiger charge is 2.19. The van der Waals surface area contributed by atoms with Crippen LogP contribution in [0.1, 0.15) is 38.5 Å². The first-order valence-electron chi connectivity index (χ1n) is 7.24. The summed E-state index contributed by atoms with van der Waals surface area (Å²) >= 11 is 0. The molecule has 21 heavy (non-hydrogen) atoms. The lowest BCUT2D eigenvalue weighted by molar-refractivity contribution is -0.393. The fourth-order valence-electron chi connectivity index (χ4n) is 2.85. The van der Waals surface area contributed by atoms with Crippen LogP contribution in [0.4, 0.5) is 17.1 Å². The number of benzene rings is 1. The molecule has 0 atom stereocenters. The van der Waals surface area contributed by atoms with Crippen LogP contribution in [0.25, 0.3) is 0 Å². The summed E-state index contributed by atoms with van der Waals surface area (Å²) in [4.78, 5) is 20.4. The SMILES string of the molecule is O=[N+]([O-])c1ccc(NCCCC2CCCC2)c([N+](=O)[O-])c1. The third-order valence-corrected chi connectivity index (χ3v) is 3.97. The van der Waals surface area contributed by atoms with Gasteiger partial charge in [0.25, 0.3) is 11.4 Å². The van der Waals surface area contributed by atoms with Gasteiger partial charge in [0.2, 0.25) is 0 Å². The number of hydrogen-bond donors (Lipinski definition) is 1. The monoisotopic (exact) mass is 293 g/mol. The Hall–Kier alpha value is -2.18. The number of anilines is 1. The largest absolute Gasteiger partial charge is 0.379 e. The molecule has 0 spiro atoms. The van der Waals surface area contributed by atoms with Crippen LogP contribution in [0, 0.1) is 26.1 Å². The van der Waals surface area contributed by atoms with Gasteiger partial charge in [-0.05, 0) is 24.8 Å². The lowest BCUT2D eigenvalue weighted by Gasteiger charge is -2.10. The van der Waals surface area contributed by atoms with Crippen molar-refractivity contribution in [3.63, 3.8) is 0 Å². The molecule has 0 unspecified atom stereocenters. The van der Waals surface area contributed by atoms with Gasteiger partial charge in [-0.25, -0.2) is 0 Å². The number of nitrogens with zero attached hydrogens (tertiary/aromatic N) is 2. The summed E-state index contributed by atoms with van der Waals surface area (Å²) in [6.45, 7) is 0.648. The summed E-state index contributed by atoms with van der Waals surface area (Å²) in [5.41, 5.74) is -0.166. The van der Waals surface area contributed by atoms with Crippen molar-refractivity contribution in [1.82, 2.24) is 0 Å². The van der Waals surface area contributed by atoms with Crippen LogP contribution in [-0.2, 0) is 0 Å². The highest BCUT2D eigenvalue weighted by atomic mass is 16.6. The predicted octanol–water partition coefficient (Wildman–Crippen LogP) is 3.89. The summed E-state index contributed by atoms with van der Waals surface area (Å²) in [5, 5.41) is 24.7. The molecule has 0 bridgehead atoms. The minimum absolute atomic E-state index is 0.245. The molecule has 1 N–H and O–H groups in total. The van der Waals surface area contributed by atoms with Crippen LogP contribution in [0.2, 0.25) is 0 Å². The van der Waals surface area contributed by atoms with Crippen LogP contribution >= 0.6 is 0 Å². The summed E-state index contributed by atoms with van der Waals surface area (Å²) in [6, 6.07) is 3.69. The Labute approximate surface area is 122 Å². The van der Waals surface area contributed by atoms with Gasteiger partial charge in [-0.3, -0.25) is 20.2 Å². The first-order chi connectivity index (χ1) is 10.1. The Morgan fingerprint density at radius 3 is 2.48 bits per heavy atom. The molecule has 114 valence electrons. The molecule has 1 aliphatic rings. The Balaban J connectivity index is 1.92. The van der Waals surface area contributed by atoms with Gasteiger partial charge < -0.3 is 5.32 Å². The molecule has 0 heterocycles. The average Bonchev–Trinajstić information content (AvgIpc) is 2.96. The third kappa shape index (κ3) is 4.14. The molecule has 0 aromatic heterocycles. The van der Waals surface area contributed by atoms with E-state index in [4.69, 9.17) is 0 Å². The van der Waals surface area contributed by atoms with E-state index < -0.39 is 9.85 Å². The maximum absolute atomic E-state index is 11.0. The van der Waals surface area contributed by atoms with Crippen molar-refractivity contribution in [2.45, 2.75) is 38.5 Å². The molecule has 1 aromatic rings. The topological polar surface area (TPSA) is 98.3 Å². The molecule has 7 heteroatoms. The number of nitrogens with one attached hydrogen (secondary N) is 1. The summed E-state index contributed by atoms with van der Waals surface area (Å²) < 4.78 is 0. The maximum Gasteiger partial charge on any atom is 0.299 e. The van der Waals surface area contributed by atoms with Gasteiger partial charge in [-0.2, -0.15) is 0 Å². The van der Waals surface area contributed by atoms with Crippen LogP contribution in [0.3, 0.4) is 0 Å². The van der Waals surface area contributed by atoms with Gasteiger partial charge >= 0.3 is 0 Å². The normalized spacial score (nSPS) is 15.0. The van der Waals surface area contributed by atoms with Crippen molar-refractivity contribution in [3.05, 3.63) is 38.4 Å². The number of hydrogen-bond acceptors (Lipinski definition) is 5. The van der Waals surface area contributed by atoms with Gasteiger partial charge in [0, 0.05) is 12.6 Å². The predicted molar refractivity (Wildman–Crippen MR) is 79.4 cm³/mol. The standard InChI is InChI=1S/C14H19N3O4/c18-16(19)12-7-8-13(14(10-12)17(20)21)15-9-3-6-11-4-1-2-5-11/h7-8,10-11,15H,1-6,9H2. The molecule has 2 rings (SSSR count). The molecule has 0 radical (unpaired) electrons. The van der Waals surface area contributed by atoms with E-state index in [2.05, 4.69) is 5.32 Å². The lowest BCUT2D eigenvalue weighted by atomic mass is 10.0. The summed E-state index contributed by atoms with van der Waals surface area (Å²) in [6.07, 6.45) is 7.29. The summed E-state index contributed by atoms with van der Waals surface area (Å²) in [7, 11) is 0. The summed E-state index contributed by atoms with van der Waals surface area (Å²) in [5.74, 6) is 0.790. The van der Waals surface area contributed by atoms with E-state index in [9.17, 15) is 20.2 Å². The minimum Gasteiger partial charge on any atom is -0.379 e. The van der Waals surface area contributed by atoms with Crippen molar-refractivity contribution in [2.24, 2.45) is 5.92 Å². The first kappa shape index (κ1) is 15.2. The van der Waals surface area contributed by atoms with Crippen LogP contribution in [0.5, 0.6) is 0 Å². The van der Waals surface area contributed by atoms with Gasteiger partial charge in [-0.1, -0.05) is 25.7 Å². The van der Waals surface area contributed by atoms with Crippen molar-refractivity contribution in [2.75, 3.05) is 11.9 Å². The van der Waals surface area contributed by atoms with Crippen LogP contribution in [-0.4, -0.2) is 16.4 Å². The van der Waals surface area contributed by atoms with E-state index in [1.165, 1.54) is 37.8 Å². The van der Waals surface area contributed by atoms with Crippen molar-refractivity contribution in [1.29, 1.82) is 0 Å². The number of nitro benzene ring substituents is 2. The van der Waals surface area contributed by atoms with Crippen LogP contribution in [0.15, 0.2) is 18.2 Å². The quantitative estimate of drug-likeness (QED) is 0.467. The van der Waals surface area contributed by atoms with E-state index in [0.29, 0.717) is 12.2 Å². The molecular formula is C14H19N3O4. The van der Waals surface area contributed by atoms with Crippen LogP contribution < -0.4 is 5.32 Å². The second kappa shape index (κ2) is 7.01. The minimum atomic E-state index is -0.628. The van der Waals surface area contributed by atoms with Gasteiger partial charge in [0.1, 0.15) is 5.69 Å². The molecule has 0 saturated heterocycles. The van der Waals surface area contributed by atoms with Gasteiger partial charge in [-0.15, -0.1) is 0 Å². The lowest BCUT2D eigenvalue weighted by Crippen LogP contribution is -2.06. The smallest absolute Gasteiger partial charge is 0.299 e. The Morgan fingerprint density at radius 1 is 1.14 bits per heavy atom. The Kier molecular flexibility index (Phi) is 5.08. The molecule has 7 nitrogen and oxygen atoms in total. The third-order valence-electron chi connectivity index (χ3n) is 3.97. The van der Waals surface area contributed by atoms with E-state index in [1.54, 1.807) is 0 Å². The second-order valence-electron chi connectivity index (χ2n) is 5.44. The highest BCUT2D eigenvalue weighted by Crippen LogP contribution is 2.30. The fraction of sp³-hybridized carbons (Fsp3) is 0.571. The maximum atomic E-state index is 11.0. The number of rotatable bonds is 7. The van der Waals surface area contributed by atoms with E-state index in [-0.39, 0.29) is 11.4 Å². The molecule has 0 aliphatic heterocycles. The van der Waals surface area contributed by atoms with E-state index in [0.717, 1.165) is 24.8 Å². The molecule has 0 amide bonds. The first-order valence-corrected chi connectivity index (χ1v) is 7.24. The number of nitro groups is 2. The van der Waals surface area contributed by atoms with Crippen molar-refractivity contribution < 1.29 is 9.85 Å². The average molecular weight is 293 g/mol. The van der Waals surface area contributed by atoms with E-state index in [1.807, 2.05) is 0 Å². The zero-order valence-corrected chi connectivity index (χ0v) is 11.8. The molecule has 1 saturated carbocycles. The number of non-ortho nitro benzene ring substituents is 1. The molecule has 1 aromatic carbocycles.